The average Bonchev–Trinajstić information content (AvgIpc) is 2.99. The van der Waals surface area contributed by atoms with Crippen molar-refractivity contribution in [2.75, 3.05) is 32.1 Å². The molecule has 1 heterocycles. The van der Waals surface area contributed by atoms with Crippen LogP contribution in [0.4, 0.5) is 5.69 Å². The summed E-state index contributed by atoms with van der Waals surface area (Å²) < 4.78 is 5.71. The number of hydrogen-bond donors (Lipinski definition) is 0. The number of ketones is 1. The van der Waals surface area contributed by atoms with Gasteiger partial charge in [-0.15, -0.1) is 0 Å². The number of carbonyl (C=O) groups is 2. The molecule has 5 nitrogen and oxygen atoms in total. The van der Waals surface area contributed by atoms with Gasteiger partial charge in [0.15, 0.2) is 0 Å². The second kappa shape index (κ2) is 8.51. The van der Waals surface area contributed by atoms with Gasteiger partial charge in [-0.3, -0.25) is 9.59 Å². The van der Waals surface area contributed by atoms with Crippen molar-refractivity contribution in [3.05, 3.63) is 83.9 Å². The van der Waals surface area contributed by atoms with Gasteiger partial charge < -0.3 is 14.5 Å². The van der Waals surface area contributed by atoms with E-state index in [0.29, 0.717) is 30.2 Å². The van der Waals surface area contributed by atoms with Crippen LogP contribution < -0.4 is 9.64 Å². The summed E-state index contributed by atoms with van der Waals surface area (Å²) in [4.78, 5) is 28.7. The highest BCUT2D eigenvalue weighted by Gasteiger charge is 2.36. The molecule has 0 aromatic heterocycles. The highest BCUT2D eigenvalue weighted by Crippen LogP contribution is 2.33. The highest BCUT2D eigenvalue weighted by atomic mass is 16.5. The molecule has 152 valence electrons. The zero-order chi connectivity index (χ0) is 21.1. The number of amides is 1. The first-order valence-electron chi connectivity index (χ1n) is 9.95. The number of ether oxygens (including phenoxy) is 1. The second-order valence-electron chi connectivity index (χ2n) is 7.61. The van der Waals surface area contributed by atoms with Crippen molar-refractivity contribution >= 4 is 17.4 Å². The number of benzene rings is 3. The Morgan fingerprint density at radius 2 is 1.57 bits per heavy atom. The van der Waals surface area contributed by atoms with E-state index in [9.17, 15) is 9.59 Å². The Morgan fingerprint density at radius 3 is 2.27 bits per heavy atom. The van der Waals surface area contributed by atoms with E-state index in [2.05, 4.69) is 12.1 Å². The number of hydrogen-bond acceptors (Lipinski definition) is 4. The molecule has 0 radical (unpaired) electrons. The minimum atomic E-state index is -0.498. The quantitative estimate of drug-likeness (QED) is 0.562. The topological polar surface area (TPSA) is 49.9 Å². The van der Waals surface area contributed by atoms with Crippen LogP contribution in [0.25, 0.3) is 11.1 Å². The fourth-order valence-corrected chi connectivity index (χ4v) is 3.49. The molecule has 1 aliphatic rings. The zero-order valence-electron chi connectivity index (χ0n) is 17.2. The van der Waals surface area contributed by atoms with Gasteiger partial charge in [-0.05, 0) is 49.0 Å². The zero-order valence-corrected chi connectivity index (χ0v) is 17.2. The van der Waals surface area contributed by atoms with Crippen molar-refractivity contribution in [3.8, 4) is 16.9 Å². The van der Waals surface area contributed by atoms with Gasteiger partial charge in [0.2, 0.25) is 0 Å². The Bertz CT molecular complexity index is 1060. The van der Waals surface area contributed by atoms with Crippen LogP contribution in [-0.4, -0.2) is 43.8 Å². The number of fused-ring (bicyclic) bond motifs is 1. The minimum Gasteiger partial charge on any atom is -0.492 e. The Labute approximate surface area is 176 Å². The van der Waals surface area contributed by atoms with Gasteiger partial charge in [0, 0.05) is 6.54 Å². The molecule has 0 saturated carbocycles. The molecule has 3 aromatic carbocycles. The lowest BCUT2D eigenvalue weighted by molar-refractivity contribution is -0.114. The summed E-state index contributed by atoms with van der Waals surface area (Å²) in [5.74, 6) is -0.377. The molecule has 0 saturated heterocycles. The summed E-state index contributed by atoms with van der Waals surface area (Å²) in [5, 5.41) is 0. The fourth-order valence-electron chi connectivity index (χ4n) is 3.49. The predicted octanol–water partition coefficient (Wildman–Crippen LogP) is 4.02. The molecule has 1 amide bonds. The number of anilines is 1. The maximum atomic E-state index is 12.6. The first kappa shape index (κ1) is 19.9. The van der Waals surface area contributed by atoms with Crippen molar-refractivity contribution in [1.82, 2.24) is 4.90 Å². The summed E-state index contributed by atoms with van der Waals surface area (Å²) in [7, 11) is 3.94. The van der Waals surface area contributed by atoms with Gasteiger partial charge >= 0.3 is 0 Å². The molecule has 0 bridgehead atoms. The first-order valence-corrected chi connectivity index (χ1v) is 9.95. The Balaban J connectivity index is 1.50. The van der Waals surface area contributed by atoms with Crippen molar-refractivity contribution in [2.24, 2.45) is 0 Å². The van der Waals surface area contributed by atoms with E-state index in [1.54, 1.807) is 17.0 Å². The lowest BCUT2D eigenvalue weighted by Crippen LogP contribution is -2.29. The van der Waals surface area contributed by atoms with E-state index >= 15 is 0 Å². The monoisotopic (exact) mass is 400 g/mol. The van der Waals surface area contributed by atoms with E-state index in [-0.39, 0.29) is 0 Å². The number of nitrogens with zero attached hydrogens (tertiary/aromatic N) is 2. The van der Waals surface area contributed by atoms with E-state index in [0.717, 1.165) is 23.2 Å². The molecular weight excluding hydrogens is 376 g/mol. The normalized spacial score (nSPS) is 13.1. The molecule has 4 rings (SSSR count). The summed E-state index contributed by atoms with van der Waals surface area (Å²) in [5.41, 5.74) is 4.27. The third kappa shape index (κ3) is 4.11. The molecule has 30 heavy (non-hydrogen) atoms. The molecule has 5 heteroatoms. The number of carbonyl (C=O) groups excluding carboxylic acids is 2. The number of rotatable bonds is 7. The van der Waals surface area contributed by atoms with E-state index in [4.69, 9.17) is 4.74 Å². The average molecular weight is 400 g/mol. The van der Waals surface area contributed by atoms with Crippen LogP contribution >= 0.6 is 0 Å². The van der Waals surface area contributed by atoms with Crippen LogP contribution in [0.1, 0.15) is 15.9 Å². The maximum absolute atomic E-state index is 12.6. The van der Waals surface area contributed by atoms with Crippen molar-refractivity contribution in [3.63, 3.8) is 0 Å². The Kier molecular flexibility index (Phi) is 5.63. The van der Waals surface area contributed by atoms with Gasteiger partial charge in [0.25, 0.3) is 11.7 Å². The van der Waals surface area contributed by atoms with Gasteiger partial charge in [-0.25, -0.2) is 0 Å². The van der Waals surface area contributed by atoms with E-state index < -0.39 is 11.7 Å². The molecule has 0 atom stereocenters. The van der Waals surface area contributed by atoms with Gasteiger partial charge in [0.05, 0.1) is 17.8 Å². The van der Waals surface area contributed by atoms with Crippen LogP contribution in [0.3, 0.4) is 0 Å². The Morgan fingerprint density at radius 1 is 0.867 bits per heavy atom. The van der Waals surface area contributed by atoms with Gasteiger partial charge in [0.1, 0.15) is 12.4 Å². The van der Waals surface area contributed by atoms with E-state index in [1.807, 2.05) is 67.5 Å². The van der Waals surface area contributed by atoms with Crippen LogP contribution in [0.15, 0.2) is 72.8 Å². The molecule has 0 spiro atoms. The minimum absolute atomic E-state index is 0.355. The third-order valence-electron chi connectivity index (χ3n) is 5.15. The van der Waals surface area contributed by atoms with Gasteiger partial charge in [-0.1, -0.05) is 54.6 Å². The summed E-state index contributed by atoms with van der Waals surface area (Å²) in [6.45, 7) is 1.65. The molecule has 0 N–H and O–H groups in total. The first-order chi connectivity index (χ1) is 14.5. The maximum Gasteiger partial charge on any atom is 0.299 e. The van der Waals surface area contributed by atoms with Gasteiger partial charge in [-0.2, -0.15) is 0 Å². The second-order valence-corrected chi connectivity index (χ2v) is 7.61. The predicted molar refractivity (Wildman–Crippen MR) is 118 cm³/mol. The molecular formula is C25H24N2O3. The molecule has 0 unspecified atom stereocenters. The smallest absolute Gasteiger partial charge is 0.299 e. The number of likely N-dealkylation sites (N-methyl/N-ethyl adjacent to an activating group) is 1. The lowest BCUT2D eigenvalue weighted by atomic mass is 10.0. The lowest BCUT2D eigenvalue weighted by Gasteiger charge is -2.17. The molecule has 3 aromatic rings. The highest BCUT2D eigenvalue weighted by molar-refractivity contribution is 6.52. The van der Waals surface area contributed by atoms with Crippen molar-refractivity contribution < 1.29 is 14.3 Å². The van der Waals surface area contributed by atoms with Crippen LogP contribution in [-0.2, 0) is 11.3 Å². The van der Waals surface area contributed by atoms with Crippen molar-refractivity contribution in [2.45, 2.75) is 6.54 Å². The summed E-state index contributed by atoms with van der Waals surface area (Å²) in [6.07, 6.45) is 0. The summed E-state index contributed by atoms with van der Waals surface area (Å²) >= 11 is 0. The Hall–Kier alpha value is -3.44. The fraction of sp³-hybridized carbons (Fsp3) is 0.200. The largest absolute Gasteiger partial charge is 0.492 e. The van der Waals surface area contributed by atoms with Crippen LogP contribution in [0.5, 0.6) is 5.75 Å². The van der Waals surface area contributed by atoms with Crippen LogP contribution in [0.2, 0.25) is 0 Å². The molecule has 0 fully saturated rings. The number of Topliss-reactive ketones (excluding diaryl/α,β-unsaturated/α-hetero) is 1. The van der Waals surface area contributed by atoms with Crippen molar-refractivity contribution in [1.29, 1.82) is 0 Å². The van der Waals surface area contributed by atoms with E-state index in [1.165, 1.54) is 0 Å². The third-order valence-corrected chi connectivity index (χ3v) is 5.15. The standard InChI is InChI=1S/C25H24N2O3/c1-26(2)14-15-30-21-12-13-23-22(16-21)24(28)25(29)27(23)17-18-8-10-20(11-9-18)19-6-4-3-5-7-19/h3-13,16H,14-15,17H2,1-2H3. The SMILES string of the molecule is CN(C)CCOc1ccc2c(c1)C(=O)C(=O)N2Cc1ccc(-c2ccccc2)cc1. The van der Waals surface area contributed by atoms with Crippen LogP contribution in [0, 0.1) is 0 Å². The molecule has 0 aliphatic carbocycles. The summed E-state index contributed by atoms with van der Waals surface area (Å²) in [6, 6.07) is 23.5. The molecule has 1 aliphatic heterocycles.